The van der Waals surface area contributed by atoms with Gasteiger partial charge in [0.2, 0.25) is 0 Å². The SMILES string of the molecule is COCCNC(=O)c1cccc(C(=O)NCCN(CCCN(CCNC(=O)c2cccc(C(=O)NCCOC)c2O)CCNC(=O)c2cccc(C(=O)NCCOC)c2O)CCNC(=O)c2cccc(C(=O)NCCCCCN)c2O)c1O. The van der Waals surface area contributed by atoms with E-state index in [4.69, 9.17) is 19.9 Å². The zero-order chi connectivity index (χ0) is 60.5. The molecule has 452 valence electrons. The van der Waals surface area contributed by atoms with Crippen LogP contribution in [0.2, 0.25) is 0 Å². The lowest BCUT2D eigenvalue weighted by Crippen LogP contribution is -2.42. The van der Waals surface area contributed by atoms with E-state index in [9.17, 15) is 58.8 Å². The maximum atomic E-state index is 13.5. The molecule has 0 radical (unpaired) electrons. The standard InChI is InChI=1S/C57H79N11O15/c1-81-35-26-64-55(78)43-17-8-14-40(47(43)70)52(75)61-23-32-67(31-22-60-51(74)39-13-7-12-38(46(39)69)50(73)59-21-6-4-5-20-58)29-11-30-68(33-24-62-53(76)41-15-9-18-44(48(41)71)56(79)65-27-36-82-2)34-25-63-54(77)42-16-10-19-45(49(42)72)57(80)66-28-37-83-3/h7-10,12-19,69-72H,4-6,11,20-37,58H2,1-3H3,(H,59,73)(H,60,74)(H,61,75)(H,62,76)(H,63,77)(H,64,78)(H,65,79)(H,66,80). The van der Waals surface area contributed by atoms with E-state index in [1.807, 2.05) is 9.80 Å². The normalized spacial score (nSPS) is 11.0. The zero-order valence-corrected chi connectivity index (χ0v) is 47.2. The number of nitrogens with zero attached hydrogens (tertiary/aromatic N) is 2. The summed E-state index contributed by atoms with van der Waals surface area (Å²) in [7, 11) is 4.41. The molecule has 26 nitrogen and oxygen atoms in total. The summed E-state index contributed by atoms with van der Waals surface area (Å²) in [5.74, 6) is -7.05. The zero-order valence-electron chi connectivity index (χ0n) is 47.2. The van der Waals surface area contributed by atoms with E-state index < -0.39 is 70.3 Å². The van der Waals surface area contributed by atoms with Gasteiger partial charge in [0.25, 0.3) is 47.3 Å². The number of rotatable bonds is 38. The predicted molar refractivity (Wildman–Crippen MR) is 307 cm³/mol. The summed E-state index contributed by atoms with van der Waals surface area (Å²) in [6.45, 7) is 3.75. The molecule has 0 heterocycles. The van der Waals surface area contributed by atoms with Crippen LogP contribution in [0, 0.1) is 0 Å². The fourth-order valence-corrected chi connectivity index (χ4v) is 8.35. The van der Waals surface area contributed by atoms with Gasteiger partial charge in [-0.3, -0.25) is 48.2 Å². The summed E-state index contributed by atoms with van der Waals surface area (Å²) >= 11 is 0. The molecule has 0 aliphatic heterocycles. The van der Waals surface area contributed by atoms with Gasteiger partial charge in [0.1, 0.15) is 23.0 Å². The molecular weight excluding hydrogens is 1080 g/mol. The molecule has 0 saturated carbocycles. The number of phenolic OH excluding ortho intramolecular Hbond substituents is 4. The third-order valence-corrected chi connectivity index (χ3v) is 12.8. The van der Waals surface area contributed by atoms with Crippen molar-refractivity contribution in [1.82, 2.24) is 52.3 Å². The lowest BCUT2D eigenvalue weighted by Gasteiger charge is -2.26. The van der Waals surface area contributed by atoms with Crippen molar-refractivity contribution in [3.8, 4) is 23.0 Å². The number of methoxy groups -OCH3 is 3. The molecule has 26 heteroatoms. The molecule has 0 fully saturated rings. The quantitative estimate of drug-likeness (QED) is 0.0272. The van der Waals surface area contributed by atoms with Gasteiger partial charge in [-0.2, -0.15) is 0 Å². The maximum absolute atomic E-state index is 13.5. The number of nitrogens with one attached hydrogen (secondary N) is 8. The van der Waals surface area contributed by atoms with Gasteiger partial charge in [-0.1, -0.05) is 30.7 Å². The average Bonchev–Trinajstić information content (AvgIpc) is 3.47. The number of phenols is 4. The van der Waals surface area contributed by atoms with E-state index in [1.165, 1.54) is 94.1 Å². The molecule has 0 aliphatic rings. The second kappa shape index (κ2) is 36.9. The lowest BCUT2D eigenvalue weighted by atomic mass is 10.1. The van der Waals surface area contributed by atoms with Crippen LogP contribution in [0.25, 0.3) is 0 Å². The highest BCUT2D eigenvalue weighted by Gasteiger charge is 2.23. The van der Waals surface area contributed by atoms with Crippen molar-refractivity contribution in [2.45, 2.75) is 25.7 Å². The van der Waals surface area contributed by atoms with E-state index in [0.717, 1.165) is 12.8 Å². The van der Waals surface area contributed by atoms with Crippen LogP contribution in [-0.2, 0) is 14.2 Å². The fourth-order valence-electron chi connectivity index (χ4n) is 8.35. The Kier molecular flexibility index (Phi) is 29.8. The Balaban J connectivity index is 1.51. The molecule has 0 spiro atoms. The first-order valence-electron chi connectivity index (χ1n) is 27.2. The molecule has 0 saturated heterocycles. The number of ether oxygens (including phenoxy) is 3. The summed E-state index contributed by atoms with van der Waals surface area (Å²) in [6.07, 6.45) is 2.73. The molecule has 14 N–H and O–H groups in total. The number of amides is 8. The summed E-state index contributed by atoms with van der Waals surface area (Å²) in [4.78, 5) is 109. The van der Waals surface area contributed by atoms with E-state index in [2.05, 4.69) is 42.5 Å². The van der Waals surface area contributed by atoms with Crippen molar-refractivity contribution in [2.75, 3.05) is 139 Å². The van der Waals surface area contributed by atoms with Crippen molar-refractivity contribution in [3.05, 3.63) is 117 Å². The van der Waals surface area contributed by atoms with Crippen LogP contribution in [0.15, 0.2) is 72.8 Å². The Hall–Kier alpha value is -8.40. The van der Waals surface area contributed by atoms with Gasteiger partial charge in [-0.15, -0.1) is 0 Å². The molecular formula is C57H79N11O15. The van der Waals surface area contributed by atoms with E-state index >= 15 is 0 Å². The summed E-state index contributed by atoms with van der Waals surface area (Å²) in [5, 5.41) is 65.6. The second-order valence-corrected chi connectivity index (χ2v) is 18.7. The molecule has 8 amide bonds. The minimum absolute atomic E-state index is 0.0344. The van der Waals surface area contributed by atoms with Crippen LogP contribution in [-0.4, -0.2) is 217 Å². The van der Waals surface area contributed by atoms with Crippen LogP contribution < -0.4 is 48.3 Å². The summed E-state index contributed by atoms with van der Waals surface area (Å²) in [6, 6.07) is 16.9. The average molecular weight is 1160 g/mol. The maximum Gasteiger partial charge on any atom is 0.255 e. The molecule has 4 aromatic carbocycles. The first-order chi connectivity index (χ1) is 40.1. The number of unbranched alkanes of at least 4 members (excludes halogenated alkanes) is 2. The molecule has 4 rings (SSSR count). The largest absolute Gasteiger partial charge is 0.506 e. The number of benzene rings is 4. The predicted octanol–water partition coefficient (Wildman–Crippen LogP) is 0.510. The van der Waals surface area contributed by atoms with E-state index in [1.54, 1.807) is 0 Å². The Morgan fingerprint density at radius 3 is 0.795 bits per heavy atom. The number of hydrogen-bond acceptors (Lipinski definition) is 18. The highest BCUT2D eigenvalue weighted by molar-refractivity contribution is 6.06. The number of hydrogen-bond donors (Lipinski definition) is 13. The van der Waals surface area contributed by atoms with Crippen molar-refractivity contribution >= 4 is 47.3 Å². The second-order valence-electron chi connectivity index (χ2n) is 18.7. The first-order valence-corrected chi connectivity index (χ1v) is 27.2. The molecule has 0 aliphatic carbocycles. The van der Waals surface area contributed by atoms with Crippen LogP contribution in [0.5, 0.6) is 23.0 Å². The molecule has 0 bridgehead atoms. The van der Waals surface area contributed by atoms with Crippen LogP contribution in [0.3, 0.4) is 0 Å². The smallest absolute Gasteiger partial charge is 0.255 e. The van der Waals surface area contributed by atoms with Gasteiger partial charge in [-0.05, 0) is 87.4 Å². The van der Waals surface area contributed by atoms with Crippen molar-refractivity contribution in [3.63, 3.8) is 0 Å². The molecule has 0 unspecified atom stereocenters. The van der Waals surface area contributed by atoms with Crippen LogP contribution >= 0.6 is 0 Å². The Morgan fingerprint density at radius 1 is 0.337 bits per heavy atom. The Labute approximate surface area is 482 Å². The third-order valence-electron chi connectivity index (χ3n) is 12.8. The molecule has 0 aromatic heterocycles. The summed E-state index contributed by atoms with van der Waals surface area (Å²) < 4.78 is 14.9. The van der Waals surface area contributed by atoms with Gasteiger partial charge in [-0.25, -0.2) is 0 Å². The fraction of sp³-hybridized carbons (Fsp3) is 0.439. The minimum Gasteiger partial charge on any atom is -0.506 e. The number of aromatic hydroxyl groups is 4. The lowest BCUT2D eigenvalue weighted by molar-refractivity contribution is 0.0919. The third kappa shape index (κ3) is 21.8. The van der Waals surface area contributed by atoms with Gasteiger partial charge in [0, 0.05) is 99.9 Å². The topological polar surface area (TPSA) is 374 Å². The van der Waals surface area contributed by atoms with Gasteiger partial charge >= 0.3 is 0 Å². The Bertz CT molecular complexity index is 2710. The van der Waals surface area contributed by atoms with Gasteiger partial charge in [0.05, 0.1) is 64.3 Å². The number of carbonyl (C=O) groups is 8. The number of nitrogens with two attached hydrogens (primary N) is 1. The van der Waals surface area contributed by atoms with Crippen LogP contribution in [0.4, 0.5) is 0 Å². The molecule has 4 aromatic rings. The molecule has 83 heavy (non-hydrogen) atoms. The van der Waals surface area contributed by atoms with E-state index in [-0.39, 0.29) is 136 Å². The van der Waals surface area contributed by atoms with Gasteiger partial charge in [0.15, 0.2) is 0 Å². The highest BCUT2D eigenvalue weighted by atomic mass is 16.5. The van der Waals surface area contributed by atoms with Gasteiger partial charge < -0.3 is 82.9 Å². The van der Waals surface area contributed by atoms with Crippen LogP contribution in [0.1, 0.15) is 109 Å². The highest BCUT2D eigenvalue weighted by Crippen LogP contribution is 2.26. The minimum atomic E-state index is -0.665. The van der Waals surface area contributed by atoms with Crippen molar-refractivity contribution in [2.24, 2.45) is 5.73 Å². The van der Waals surface area contributed by atoms with Crippen molar-refractivity contribution in [1.29, 1.82) is 0 Å². The number of carbonyl (C=O) groups excluding carboxylic acids is 8. The van der Waals surface area contributed by atoms with E-state index in [0.29, 0.717) is 39.0 Å². The molecule has 0 atom stereocenters. The Morgan fingerprint density at radius 2 is 0.566 bits per heavy atom. The number of para-hydroxylation sites is 4. The monoisotopic (exact) mass is 1160 g/mol. The van der Waals surface area contributed by atoms with Crippen molar-refractivity contribution < 1.29 is 73.0 Å². The first kappa shape index (κ1) is 67.1. The summed E-state index contributed by atoms with van der Waals surface area (Å²) in [5.41, 5.74) is 4.61.